The molecule has 0 bridgehead atoms. The summed E-state index contributed by atoms with van der Waals surface area (Å²) in [4.78, 5) is 0. The highest BCUT2D eigenvalue weighted by atomic mass is 14.9. The van der Waals surface area contributed by atoms with Crippen LogP contribution < -0.4 is 5.32 Å². The van der Waals surface area contributed by atoms with Crippen molar-refractivity contribution >= 4 is 11.4 Å². The standard InChI is InChI=1S/C30H47N/c1-4-7-10-13-19-26-22-18-25-30(28(26)23-15-12-9-6-3)31-29-24-17-16-21-27(29)20-14-11-8-5-2/h16-18,21-22,24-25,31H,4-15,19-20,23H2,1-3H3. The maximum Gasteiger partial charge on any atom is 0.0419 e. The summed E-state index contributed by atoms with van der Waals surface area (Å²) in [5, 5.41) is 3.86. The van der Waals surface area contributed by atoms with Gasteiger partial charge in [-0.25, -0.2) is 0 Å². The van der Waals surface area contributed by atoms with Crippen molar-refractivity contribution in [1.82, 2.24) is 0 Å². The van der Waals surface area contributed by atoms with Crippen molar-refractivity contribution in [3.05, 3.63) is 59.2 Å². The molecule has 2 rings (SSSR count). The zero-order chi connectivity index (χ0) is 22.2. The largest absolute Gasteiger partial charge is 0.355 e. The second kappa shape index (κ2) is 16.0. The number of benzene rings is 2. The smallest absolute Gasteiger partial charge is 0.0419 e. The fourth-order valence-electron chi connectivity index (χ4n) is 4.50. The predicted octanol–water partition coefficient (Wildman–Crippen LogP) is 9.80. The van der Waals surface area contributed by atoms with E-state index < -0.39 is 0 Å². The van der Waals surface area contributed by atoms with Crippen molar-refractivity contribution in [1.29, 1.82) is 0 Å². The molecule has 0 saturated heterocycles. The van der Waals surface area contributed by atoms with Gasteiger partial charge in [-0.3, -0.25) is 0 Å². The molecule has 0 unspecified atom stereocenters. The minimum absolute atomic E-state index is 1.17. The third-order valence-corrected chi connectivity index (χ3v) is 6.44. The number of hydrogen-bond acceptors (Lipinski definition) is 1. The Labute approximate surface area is 193 Å². The van der Waals surface area contributed by atoms with Crippen molar-refractivity contribution in [2.75, 3.05) is 5.32 Å². The van der Waals surface area contributed by atoms with E-state index in [9.17, 15) is 0 Å². The van der Waals surface area contributed by atoms with Gasteiger partial charge in [-0.2, -0.15) is 0 Å². The number of hydrogen-bond donors (Lipinski definition) is 1. The Bertz CT molecular complexity index is 718. The first-order valence-corrected chi connectivity index (χ1v) is 13.3. The Morgan fingerprint density at radius 2 is 1.00 bits per heavy atom. The fraction of sp³-hybridized carbons (Fsp3) is 0.600. The first-order chi connectivity index (χ1) is 15.3. The Kier molecular flexibility index (Phi) is 13.1. The van der Waals surface area contributed by atoms with Gasteiger partial charge < -0.3 is 5.32 Å². The molecule has 2 aromatic carbocycles. The molecule has 1 N–H and O–H groups in total. The van der Waals surface area contributed by atoms with Crippen molar-refractivity contribution in [3.63, 3.8) is 0 Å². The fourth-order valence-corrected chi connectivity index (χ4v) is 4.50. The van der Waals surface area contributed by atoms with Gasteiger partial charge in [-0.05, 0) is 67.3 Å². The van der Waals surface area contributed by atoms with Crippen molar-refractivity contribution in [2.45, 2.75) is 117 Å². The molecule has 0 spiro atoms. The summed E-state index contributed by atoms with van der Waals surface area (Å²) >= 11 is 0. The van der Waals surface area contributed by atoms with Crippen LogP contribution in [0.4, 0.5) is 11.4 Å². The molecule has 0 aromatic heterocycles. The van der Waals surface area contributed by atoms with Gasteiger partial charge in [0.2, 0.25) is 0 Å². The predicted molar refractivity (Wildman–Crippen MR) is 140 cm³/mol. The molecule has 0 aliphatic rings. The van der Waals surface area contributed by atoms with Crippen LogP contribution in [-0.2, 0) is 19.3 Å². The Balaban J connectivity index is 2.16. The summed E-state index contributed by atoms with van der Waals surface area (Å²) in [6.45, 7) is 6.88. The van der Waals surface area contributed by atoms with Crippen LogP contribution in [0.2, 0.25) is 0 Å². The van der Waals surface area contributed by atoms with Gasteiger partial charge in [-0.15, -0.1) is 0 Å². The normalized spacial score (nSPS) is 11.1. The van der Waals surface area contributed by atoms with Gasteiger partial charge in [0, 0.05) is 11.4 Å². The molecule has 0 aliphatic heterocycles. The van der Waals surface area contributed by atoms with Gasteiger partial charge in [0.1, 0.15) is 0 Å². The van der Waals surface area contributed by atoms with Crippen LogP contribution in [0, 0.1) is 0 Å². The quantitative estimate of drug-likeness (QED) is 0.251. The van der Waals surface area contributed by atoms with Crippen LogP contribution in [0.5, 0.6) is 0 Å². The van der Waals surface area contributed by atoms with Gasteiger partial charge in [0.05, 0.1) is 0 Å². The summed E-state index contributed by atoms with van der Waals surface area (Å²) in [6, 6.07) is 15.9. The number of para-hydroxylation sites is 1. The van der Waals surface area contributed by atoms with Crippen LogP contribution in [0.25, 0.3) is 0 Å². The molecular weight excluding hydrogens is 374 g/mol. The minimum atomic E-state index is 1.17. The summed E-state index contributed by atoms with van der Waals surface area (Å²) in [6.07, 6.45) is 19.5. The van der Waals surface area contributed by atoms with E-state index >= 15 is 0 Å². The van der Waals surface area contributed by atoms with E-state index in [1.165, 1.54) is 113 Å². The molecule has 0 heterocycles. The Morgan fingerprint density at radius 1 is 0.484 bits per heavy atom. The zero-order valence-electron chi connectivity index (χ0n) is 20.6. The van der Waals surface area contributed by atoms with E-state index in [4.69, 9.17) is 0 Å². The molecule has 0 atom stereocenters. The summed E-state index contributed by atoms with van der Waals surface area (Å²) < 4.78 is 0. The maximum atomic E-state index is 3.86. The topological polar surface area (TPSA) is 12.0 Å². The van der Waals surface area contributed by atoms with Crippen LogP contribution in [-0.4, -0.2) is 0 Å². The third-order valence-electron chi connectivity index (χ3n) is 6.44. The molecule has 0 aliphatic carbocycles. The van der Waals surface area contributed by atoms with Crippen LogP contribution >= 0.6 is 0 Å². The van der Waals surface area contributed by atoms with Gasteiger partial charge in [0.25, 0.3) is 0 Å². The zero-order valence-corrected chi connectivity index (χ0v) is 20.6. The monoisotopic (exact) mass is 421 g/mol. The van der Waals surface area contributed by atoms with Crippen molar-refractivity contribution in [2.24, 2.45) is 0 Å². The van der Waals surface area contributed by atoms with Gasteiger partial charge >= 0.3 is 0 Å². The lowest BCUT2D eigenvalue weighted by Gasteiger charge is -2.19. The molecule has 2 aromatic rings. The summed E-state index contributed by atoms with van der Waals surface area (Å²) in [5.41, 5.74) is 7.24. The molecule has 0 radical (unpaired) electrons. The molecule has 1 heteroatoms. The summed E-state index contributed by atoms with van der Waals surface area (Å²) in [7, 11) is 0. The lowest BCUT2D eigenvalue weighted by molar-refractivity contribution is 0.651. The first kappa shape index (κ1) is 25.5. The second-order valence-electron chi connectivity index (χ2n) is 9.16. The lowest BCUT2D eigenvalue weighted by atomic mass is 9.94. The van der Waals surface area contributed by atoms with E-state index in [-0.39, 0.29) is 0 Å². The van der Waals surface area contributed by atoms with Crippen LogP contribution in [0.1, 0.15) is 115 Å². The van der Waals surface area contributed by atoms with Crippen LogP contribution in [0.15, 0.2) is 42.5 Å². The van der Waals surface area contributed by atoms with E-state index in [0.29, 0.717) is 0 Å². The highest BCUT2D eigenvalue weighted by Gasteiger charge is 2.11. The lowest BCUT2D eigenvalue weighted by Crippen LogP contribution is -2.03. The molecule has 0 amide bonds. The molecule has 31 heavy (non-hydrogen) atoms. The highest BCUT2D eigenvalue weighted by Crippen LogP contribution is 2.29. The Hall–Kier alpha value is -1.76. The third kappa shape index (κ3) is 9.50. The molecule has 172 valence electrons. The first-order valence-electron chi connectivity index (χ1n) is 13.3. The highest BCUT2D eigenvalue weighted by molar-refractivity contribution is 5.67. The number of unbranched alkanes of at least 4 members (excludes halogenated alkanes) is 9. The average molecular weight is 422 g/mol. The van der Waals surface area contributed by atoms with Crippen molar-refractivity contribution < 1.29 is 0 Å². The van der Waals surface area contributed by atoms with Gasteiger partial charge in [0.15, 0.2) is 0 Å². The molecular formula is C30H47N. The number of nitrogens with one attached hydrogen (secondary N) is 1. The summed E-state index contributed by atoms with van der Waals surface area (Å²) in [5.74, 6) is 0. The Morgan fingerprint density at radius 3 is 1.65 bits per heavy atom. The molecule has 0 saturated carbocycles. The van der Waals surface area contributed by atoms with Crippen LogP contribution in [0.3, 0.4) is 0 Å². The van der Waals surface area contributed by atoms with E-state index in [1.807, 2.05) is 0 Å². The average Bonchev–Trinajstić information content (AvgIpc) is 2.79. The SMILES string of the molecule is CCCCCCc1ccccc1Nc1cccc(CCCCCC)c1CCCCCC. The van der Waals surface area contributed by atoms with E-state index in [0.717, 1.165) is 0 Å². The molecule has 1 nitrogen and oxygen atoms in total. The molecule has 0 fully saturated rings. The van der Waals surface area contributed by atoms with Crippen molar-refractivity contribution in [3.8, 4) is 0 Å². The minimum Gasteiger partial charge on any atom is -0.355 e. The van der Waals surface area contributed by atoms with Gasteiger partial charge in [-0.1, -0.05) is 109 Å². The van der Waals surface area contributed by atoms with E-state index in [2.05, 4.69) is 68.6 Å². The number of aryl methyl sites for hydroxylation is 2. The number of rotatable bonds is 17. The maximum absolute atomic E-state index is 3.86. The second-order valence-corrected chi connectivity index (χ2v) is 9.16. The van der Waals surface area contributed by atoms with E-state index in [1.54, 1.807) is 11.1 Å². The number of anilines is 2.